The Bertz CT molecular complexity index is 1630. The van der Waals surface area contributed by atoms with E-state index in [1.807, 2.05) is 20.1 Å². The van der Waals surface area contributed by atoms with Crippen LogP contribution in [-0.4, -0.2) is 129 Å². The van der Waals surface area contributed by atoms with Gasteiger partial charge in [-0.2, -0.15) is 11.8 Å². The molecule has 19 nitrogen and oxygen atoms in total. The zero-order valence-corrected chi connectivity index (χ0v) is 36.4. The lowest BCUT2D eigenvalue weighted by molar-refractivity contribution is -0.143. The van der Waals surface area contributed by atoms with Crippen LogP contribution in [0.1, 0.15) is 86.1 Å². The number of carbonyl (C=O) groups excluding carboxylic acids is 7. The summed E-state index contributed by atoms with van der Waals surface area (Å²) in [7, 11) is 0. The molecule has 1 rings (SSSR count). The summed E-state index contributed by atoms with van der Waals surface area (Å²) in [6, 6.07) is 0.220. The molecule has 0 radical (unpaired) electrons. The Labute approximate surface area is 355 Å². The number of benzene rings is 1. The van der Waals surface area contributed by atoms with Crippen molar-refractivity contribution in [2.45, 2.75) is 135 Å². The maximum atomic E-state index is 13.5. The summed E-state index contributed by atoms with van der Waals surface area (Å²) in [5.74, 6) is -7.41. The van der Waals surface area contributed by atoms with E-state index in [0.29, 0.717) is 11.3 Å². The minimum absolute atomic E-state index is 0.0441. The maximum absolute atomic E-state index is 13.5. The van der Waals surface area contributed by atoms with E-state index in [1.165, 1.54) is 32.5 Å². The lowest BCUT2D eigenvalue weighted by Crippen LogP contribution is -2.58. The Morgan fingerprint density at radius 3 is 1.72 bits per heavy atom. The molecule has 0 heterocycles. The predicted molar refractivity (Wildman–Crippen MR) is 223 cm³/mol. The van der Waals surface area contributed by atoms with E-state index in [9.17, 15) is 58.5 Å². The number of aliphatic hydroxyl groups excluding tert-OH is 1. The monoisotopic (exact) mass is 865 g/mol. The van der Waals surface area contributed by atoms with Crippen molar-refractivity contribution in [3.8, 4) is 0 Å². The molecule has 10 N–H and O–H groups in total. The molecule has 1 aromatic carbocycles. The highest BCUT2D eigenvalue weighted by Crippen LogP contribution is 2.14. The summed E-state index contributed by atoms with van der Waals surface area (Å²) in [5, 5.41) is 47.7. The molecule has 20 heteroatoms. The average molecular weight is 866 g/mol. The van der Waals surface area contributed by atoms with Crippen LogP contribution in [-0.2, 0) is 49.6 Å². The topological polar surface area (TPSA) is 299 Å². The molecule has 60 heavy (non-hydrogen) atoms. The van der Waals surface area contributed by atoms with Crippen molar-refractivity contribution < 1.29 is 58.5 Å². The fraction of sp³-hybridized carbons (Fsp3) is 0.625. The highest BCUT2D eigenvalue weighted by molar-refractivity contribution is 7.98. The smallest absolute Gasteiger partial charge is 0.326 e. The first-order chi connectivity index (χ1) is 28.0. The third-order valence-corrected chi connectivity index (χ3v) is 9.81. The van der Waals surface area contributed by atoms with Crippen molar-refractivity contribution >= 4 is 65.1 Å². The summed E-state index contributed by atoms with van der Waals surface area (Å²) in [5.41, 5.74) is 0.611. The van der Waals surface area contributed by atoms with Crippen LogP contribution in [0.4, 0.5) is 0 Å². The zero-order valence-electron chi connectivity index (χ0n) is 35.5. The van der Waals surface area contributed by atoms with Gasteiger partial charge < -0.3 is 52.5 Å². The van der Waals surface area contributed by atoms with Crippen molar-refractivity contribution in [1.82, 2.24) is 37.2 Å². The molecule has 7 amide bonds. The first kappa shape index (κ1) is 52.8. The van der Waals surface area contributed by atoms with Crippen molar-refractivity contribution in [2.75, 3.05) is 12.0 Å². The van der Waals surface area contributed by atoms with Gasteiger partial charge in [0.2, 0.25) is 41.4 Å². The predicted octanol–water partition coefficient (Wildman–Crippen LogP) is -0.162. The number of aliphatic carboxylic acids is 2. The molecule has 0 bridgehead atoms. The molecule has 1 aromatic rings. The molecule has 0 saturated heterocycles. The van der Waals surface area contributed by atoms with E-state index in [0.717, 1.165) is 0 Å². The van der Waals surface area contributed by atoms with Crippen molar-refractivity contribution in [1.29, 1.82) is 0 Å². The Hall–Kier alpha value is -5.24. The van der Waals surface area contributed by atoms with E-state index in [1.54, 1.807) is 44.2 Å². The molecule has 336 valence electrons. The fourth-order valence-electron chi connectivity index (χ4n) is 5.88. The van der Waals surface area contributed by atoms with Gasteiger partial charge in [-0.25, -0.2) is 4.79 Å². The number of hydrogen-bond acceptors (Lipinski definition) is 11. The standard InChI is InChI=1S/C40H63N7O12S/c1-21(2)18-29(46-38(56)28(16-17-60-8)45-39(57)34(22(3)4)43-25(7)48)31(49)20-32(50)41-23(5)35(53)42-24(6)36(54)44-27(14-15-33(51)52)37(55)47-30(40(58)59)19-26-12-10-9-11-13-26/h9-13,21-24,27-31,34,49H,14-20H2,1-8H3,(H,41,50)(H,42,53)(H,43,48)(H,44,54)(H,45,57)(H,46,56)(H,47,55)(H,51,52)(H,58,59)/t23-,24-,27-,28-,29-,30-,31-,34-/m0/s1. The van der Waals surface area contributed by atoms with Crippen molar-refractivity contribution in [3.05, 3.63) is 35.9 Å². The number of carboxylic acids is 2. The van der Waals surface area contributed by atoms with Crippen molar-refractivity contribution in [2.24, 2.45) is 11.8 Å². The van der Waals surface area contributed by atoms with Gasteiger partial charge in [0.05, 0.1) is 18.6 Å². The first-order valence-electron chi connectivity index (χ1n) is 19.8. The summed E-state index contributed by atoms with van der Waals surface area (Å²) in [6.07, 6.45) is -0.633. The third-order valence-electron chi connectivity index (χ3n) is 9.16. The number of aliphatic hydroxyl groups is 1. The molecule has 0 fully saturated rings. The van der Waals surface area contributed by atoms with Crippen molar-refractivity contribution in [3.63, 3.8) is 0 Å². The number of carboxylic acid groups (broad SMARTS) is 2. The third kappa shape index (κ3) is 20.1. The molecule has 0 aromatic heterocycles. The van der Waals surface area contributed by atoms with E-state index in [-0.39, 0.29) is 37.5 Å². The molecule has 0 aliphatic carbocycles. The molecule has 0 spiro atoms. The van der Waals surface area contributed by atoms with Crippen LogP contribution in [0.2, 0.25) is 0 Å². The van der Waals surface area contributed by atoms with Crippen LogP contribution in [0, 0.1) is 11.8 Å². The fourth-order valence-corrected chi connectivity index (χ4v) is 6.35. The molecular weight excluding hydrogens is 803 g/mol. The Morgan fingerprint density at radius 1 is 0.650 bits per heavy atom. The summed E-state index contributed by atoms with van der Waals surface area (Å²) < 4.78 is 0. The molecule has 0 aliphatic rings. The van der Waals surface area contributed by atoms with E-state index in [2.05, 4.69) is 37.2 Å². The minimum Gasteiger partial charge on any atom is -0.481 e. The number of amides is 7. The Morgan fingerprint density at radius 2 is 1.18 bits per heavy atom. The Kier molecular flexibility index (Phi) is 23.6. The van der Waals surface area contributed by atoms with Gasteiger partial charge in [-0.1, -0.05) is 58.0 Å². The van der Waals surface area contributed by atoms with Crippen LogP contribution in [0.5, 0.6) is 0 Å². The highest BCUT2D eigenvalue weighted by Gasteiger charge is 2.33. The molecule has 0 aliphatic heterocycles. The van der Waals surface area contributed by atoms with Gasteiger partial charge in [0, 0.05) is 19.8 Å². The maximum Gasteiger partial charge on any atom is 0.326 e. The van der Waals surface area contributed by atoms with E-state index >= 15 is 0 Å². The summed E-state index contributed by atoms with van der Waals surface area (Å²) in [4.78, 5) is 114. The molecule has 0 unspecified atom stereocenters. The number of rotatable bonds is 27. The van der Waals surface area contributed by atoms with Crippen LogP contribution in [0.15, 0.2) is 30.3 Å². The highest BCUT2D eigenvalue weighted by atomic mass is 32.2. The second-order valence-corrected chi connectivity index (χ2v) is 16.4. The molecular formula is C40H63N7O12S. The second kappa shape index (κ2) is 26.8. The number of carbonyl (C=O) groups is 9. The zero-order chi connectivity index (χ0) is 45.7. The number of thioether (sulfide) groups is 1. The SMILES string of the molecule is CSCC[C@H](NC(=O)[C@@H](NC(C)=O)C(C)C)C(=O)N[C@@H](CC(C)C)[C@@H](O)CC(=O)N[C@@H](C)C(=O)N[C@@H](C)C(=O)N[C@@H](CCC(=O)O)C(=O)N[C@@H](Cc1ccccc1)C(=O)O. The van der Waals surface area contributed by atoms with Gasteiger partial charge in [-0.05, 0) is 62.5 Å². The number of hydrogen-bond donors (Lipinski definition) is 10. The van der Waals surface area contributed by atoms with Crippen LogP contribution in [0.25, 0.3) is 0 Å². The van der Waals surface area contributed by atoms with Gasteiger partial charge in [-0.3, -0.25) is 38.4 Å². The van der Waals surface area contributed by atoms with Gasteiger partial charge in [0.15, 0.2) is 0 Å². The molecule has 8 atom stereocenters. The normalized spacial score (nSPS) is 15.1. The first-order valence-corrected chi connectivity index (χ1v) is 21.2. The van der Waals surface area contributed by atoms with Gasteiger partial charge in [-0.15, -0.1) is 0 Å². The summed E-state index contributed by atoms with van der Waals surface area (Å²) in [6.45, 7) is 11.1. The van der Waals surface area contributed by atoms with Crippen LogP contribution < -0.4 is 37.2 Å². The van der Waals surface area contributed by atoms with E-state index in [4.69, 9.17) is 0 Å². The largest absolute Gasteiger partial charge is 0.481 e. The quantitative estimate of drug-likeness (QED) is 0.0551. The number of nitrogens with one attached hydrogen (secondary N) is 7. The Balaban J connectivity index is 2.95. The lowest BCUT2D eigenvalue weighted by Gasteiger charge is -2.29. The van der Waals surface area contributed by atoms with Gasteiger partial charge in [0.25, 0.3) is 0 Å². The summed E-state index contributed by atoms with van der Waals surface area (Å²) >= 11 is 1.45. The average Bonchev–Trinajstić information content (AvgIpc) is 3.15. The van der Waals surface area contributed by atoms with E-state index < -0.39 is 115 Å². The van der Waals surface area contributed by atoms with Gasteiger partial charge >= 0.3 is 11.9 Å². The van der Waals surface area contributed by atoms with Crippen LogP contribution in [0.3, 0.4) is 0 Å². The van der Waals surface area contributed by atoms with Crippen LogP contribution >= 0.6 is 11.8 Å². The molecule has 0 saturated carbocycles. The van der Waals surface area contributed by atoms with Gasteiger partial charge in [0.1, 0.15) is 36.3 Å². The minimum atomic E-state index is -1.47. The second-order valence-electron chi connectivity index (χ2n) is 15.4. The lowest BCUT2D eigenvalue weighted by atomic mass is 9.96.